The number of amides is 1. The Kier molecular flexibility index (Phi) is 6.73. The van der Waals surface area contributed by atoms with Crippen LogP contribution in [-0.2, 0) is 16.6 Å². The maximum atomic E-state index is 12.9. The second-order valence-corrected chi connectivity index (χ2v) is 10.0. The first kappa shape index (κ1) is 22.3. The van der Waals surface area contributed by atoms with Crippen molar-refractivity contribution in [2.45, 2.75) is 24.3 Å². The molecule has 32 heavy (non-hydrogen) atoms. The van der Waals surface area contributed by atoms with E-state index in [9.17, 15) is 13.2 Å². The summed E-state index contributed by atoms with van der Waals surface area (Å²) in [6, 6.07) is 10.2. The van der Waals surface area contributed by atoms with Gasteiger partial charge in [-0.15, -0.1) is 11.3 Å². The molecule has 2 aromatic heterocycles. The van der Waals surface area contributed by atoms with E-state index in [1.54, 1.807) is 36.0 Å². The van der Waals surface area contributed by atoms with Gasteiger partial charge in [-0.2, -0.15) is 4.31 Å². The minimum Gasteiger partial charge on any atom is -0.493 e. The van der Waals surface area contributed by atoms with E-state index in [4.69, 9.17) is 9.47 Å². The van der Waals surface area contributed by atoms with Gasteiger partial charge in [-0.05, 0) is 42.5 Å². The zero-order valence-corrected chi connectivity index (χ0v) is 19.1. The molecule has 0 unspecified atom stereocenters. The predicted octanol–water partition coefficient (Wildman–Crippen LogP) is 3.77. The molecular formula is C22H23N3O5S2. The van der Waals surface area contributed by atoms with Crippen molar-refractivity contribution < 1.29 is 22.7 Å². The van der Waals surface area contributed by atoms with E-state index in [0.29, 0.717) is 30.3 Å². The van der Waals surface area contributed by atoms with Gasteiger partial charge < -0.3 is 14.8 Å². The van der Waals surface area contributed by atoms with Crippen LogP contribution in [0.2, 0.25) is 0 Å². The predicted molar refractivity (Wildman–Crippen MR) is 122 cm³/mol. The number of pyridine rings is 1. The summed E-state index contributed by atoms with van der Waals surface area (Å²) in [4.78, 5) is 17.2. The monoisotopic (exact) mass is 473 g/mol. The molecule has 3 aromatic rings. The summed E-state index contributed by atoms with van der Waals surface area (Å²) in [5.41, 5.74) is 1.36. The van der Waals surface area contributed by atoms with Crippen LogP contribution < -0.4 is 14.8 Å². The molecule has 0 aliphatic carbocycles. The number of ether oxygens (including phenoxy) is 2. The van der Waals surface area contributed by atoms with Crippen molar-refractivity contribution in [3.8, 4) is 11.5 Å². The van der Waals surface area contributed by atoms with Gasteiger partial charge in [-0.3, -0.25) is 9.78 Å². The molecule has 3 heterocycles. The quantitative estimate of drug-likeness (QED) is 0.535. The van der Waals surface area contributed by atoms with Gasteiger partial charge in [0.25, 0.3) is 5.91 Å². The topological polar surface area (TPSA) is 97.8 Å². The van der Waals surface area contributed by atoms with Crippen LogP contribution in [0.5, 0.6) is 11.5 Å². The van der Waals surface area contributed by atoms with Crippen LogP contribution in [0.1, 0.15) is 28.1 Å². The molecule has 1 N–H and O–H groups in total. The van der Waals surface area contributed by atoms with E-state index in [-0.39, 0.29) is 16.4 Å². The molecule has 0 saturated carbocycles. The number of methoxy groups -OCH3 is 1. The minimum atomic E-state index is -3.69. The molecule has 168 valence electrons. The highest BCUT2D eigenvalue weighted by Crippen LogP contribution is 2.32. The number of carbonyl (C=O) groups is 1. The number of thiophene rings is 1. The first-order valence-electron chi connectivity index (χ1n) is 10.1. The fourth-order valence-electron chi connectivity index (χ4n) is 3.43. The van der Waals surface area contributed by atoms with Gasteiger partial charge in [0.05, 0.1) is 7.11 Å². The van der Waals surface area contributed by atoms with E-state index < -0.39 is 15.9 Å². The molecule has 4 rings (SSSR count). The van der Waals surface area contributed by atoms with Crippen molar-refractivity contribution in [2.24, 2.45) is 0 Å². The number of carbonyl (C=O) groups excluding carboxylic acids is 1. The summed E-state index contributed by atoms with van der Waals surface area (Å²) in [5.74, 6) is 0.478. The molecule has 1 saturated heterocycles. The minimum absolute atomic E-state index is 0.0449. The Morgan fingerprint density at radius 1 is 1.19 bits per heavy atom. The third-order valence-electron chi connectivity index (χ3n) is 5.06. The second kappa shape index (κ2) is 9.68. The Morgan fingerprint density at radius 3 is 2.72 bits per heavy atom. The van der Waals surface area contributed by atoms with Gasteiger partial charge in [0.15, 0.2) is 11.5 Å². The summed E-state index contributed by atoms with van der Waals surface area (Å²) in [6.45, 7) is 1.25. The Labute approximate surface area is 190 Å². The normalized spacial score (nSPS) is 14.3. The Hall–Kier alpha value is -2.95. The molecule has 0 radical (unpaired) electrons. The lowest BCUT2D eigenvalue weighted by Gasteiger charge is -2.16. The molecule has 1 fully saturated rings. The average Bonchev–Trinajstić information content (AvgIpc) is 3.51. The highest BCUT2D eigenvalue weighted by atomic mass is 32.2. The third-order valence-corrected chi connectivity index (χ3v) is 8.04. The number of nitrogens with one attached hydrogen (secondary N) is 1. The number of aromatic nitrogens is 1. The van der Waals surface area contributed by atoms with E-state index in [1.807, 2.05) is 12.1 Å². The Bertz CT molecular complexity index is 1190. The van der Waals surface area contributed by atoms with Crippen molar-refractivity contribution in [2.75, 3.05) is 25.5 Å². The Balaban J connectivity index is 1.52. The van der Waals surface area contributed by atoms with Crippen molar-refractivity contribution >= 4 is 33.0 Å². The lowest BCUT2D eigenvalue weighted by atomic mass is 10.2. The first-order valence-corrected chi connectivity index (χ1v) is 12.4. The lowest BCUT2D eigenvalue weighted by Crippen LogP contribution is -2.29. The smallest absolute Gasteiger partial charge is 0.267 e. The van der Waals surface area contributed by atoms with Gasteiger partial charge in [0.1, 0.15) is 16.4 Å². The van der Waals surface area contributed by atoms with Crippen molar-refractivity contribution in [1.29, 1.82) is 0 Å². The second-order valence-electron chi connectivity index (χ2n) is 7.19. The number of benzene rings is 1. The van der Waals surface area contributed by atoms with E-state index in [2.05, 4.69) is 10.3 Å². The molecule has 1 amide bonds. The van der Waals surface area contributed by atoms with Gasteiger partial charge in [-0.25, -0.2) is 8.42 Å². The van der Waals surface area contributed by atoms with E-state index >= 15 is 0 Å². The third kappa shape index (κ3) is 4.77. The molecule has 1 aliphatic rings. The maximum absolute atomic E-state index is 12.9. The van der Waals surface area contributed by atoms with Crippen molar-refractivity contribution in [3.05, 3.63) is 64.6 Å². The summed E-state index contributed by atoms with van der Waals surface area (Å²) < 4.78 is 38.5. The first-order chi connectivity index (χ1) is 15.5. The van der Waals surface area contributed by atoms with E-state index in [0.717, 1.165) is 29.7 Å². The molecule has 10 heteroatoms. The van der Waals surface area contributed by atoms with Crippen LogP contribution in [0.15, 0.2) is 59.1 Å². The highest BCUT2D eigenvalue weighted by molar-refractivity contribution is 7.89. The number of rotatable bonds is 8. The molecule has 1 aliphatic heterocycles. The van der Waals surface area contributed by atoms with Crippen molar-refractivity contribution in [1.82, 2.24) is 9.29 Å². The average molecular weight is 474 g/mol. The number of hydrogen-bond acceptors (Lipinski definition) is 7. The molecular weight excluding hydrogens is 450 g/mol. The molecule has 0 spiro atoms. The zero-order chi connectivity index (χ0) is 22.6. The van der Waals surface area contributed by atoms with Crippen LogP contribution >= 0.6 is 11.3 Å². The zero-order valence-electron chi connectivity index (χ0n) is 17.5. The molecule has 1 aromatic carbocycles. The van der Waals surface area contributed by atoms with Crippen LogP contribution in [0.25, 0.3) is 0 Å². The lowest BCUT2D eigenvalue weighted by molar-refractivity contribution is 0.102. The van der Waals surface area contributed by atoms with Crippen molar-refractivity contribution in [3.63, 3.8) is 0 Å². The summed E-state index contributed by atoms with van der Waals surface area (Å²) in [7, 11) is -2.16. The standard InChI is InChI=1S/C22H23N3O5S2/c1-29-18-7-6-17(13-19(18)30-15-16-5-4-9-23-14-16)24-22(26)21-20(8-12-31-21)32(27,28)25-10-2-3-11-25/h4-9,12-14H,2-3,10-11,15H2,1H3,(H,24,26). The number of hydrogen-bond donors (Lipinski definition) is 1. The summed E-state index contributed by atoms with van der Waals surface area (Å²) in [5, 5.41) is 4.40. The summed E-state index contributed by atoms with van der Waals surface area (Å²) >= 11 is 1.10. The van der Waals surface area contributed by atoms with Gasteiger partial charge in [0.2, 0.25) is 10.0 Å². The maximum Gasteiger partial charge on any atom is 0.267 e. The number of anilines is 1. The van der Waals surface area contributed by atoms with Gasteiger partial charge in [-0.1, -0.05) is 6.07 Å². The van der Waals surface area contributed by atoms with Crippen LogP contribution in [-0.4, -0.2) is 43.8 Å². The number of nitrogens with zero attached hydrogens (tertiary/aromatic N) is 2. The summed E-state index contributed by atoms with van der Waals surface area (Å²) in [6.07, 6.45) is 5.05. The largest absolute Gasteiger partial charge is 0.493 e. The van der Waals surface area contributed by atoms with Gasteiger partial charge in [0, 0.05) is 42.8 Å². The molecule has 8 nitrogen and oxygen atoms in total. The van der Waals surface area contributed by atoms with E-state index in [1.165, 1.54) is 17.5 Å². The fourth-order valence-corrected chi connectivity index (χ4v) is 6.25. The Morgan fingerprint density at radius 2 is 2.00 bits per heavy atom. The van der Waals surface area contributed by atoms with Crippen LogP contribution in [0, 0.1) is 0 Å². The highest BCUT2D eigenvalue weighted by Gasteiger charge is 2.31. The molecule has 0 bridgehead atoms. The van der Waals surface area contributed by atoms with Crippen LogP contribution in [0.3, 0.4) is 0 Å². The SMILES string of the molecule is COc1ccc(NC(=O)c2sccc2S(=O)(=O)N2CCCC2)cc1OCc1cccnc1. The number of sulfonamides is 1. The fraction of sp³-hybridized carbons (Fsp3) is 0.273. The molecule has 0 atom stereocenters. The van der Waals surface area contributed by atoms with Gasteiger partial charge >= 0.3 is 0 Å². The van der Waals surface area contributed by atoms with Crippen LogP contribution in [0.4, 0.5) is 5.69 Å².